The maximum absolute atomic E-state index is 12.1. The van der Waals surface area contributed by atoms with Gasteiger partial charge in [-0.15, -0.1) is 0 Å². The summed E-state index contributed by atoms with van der Waals surface area (Å²) in [6.07, 6.45) is 5.24. The first-order valence-corrected chi connectivity index (χ1v) is 10.5. The van der Waals surface area contributed by atoms with Gasteiger partial charge in [-0.3, -0.25) is 14.6 Å². The first kappa shape index (κ1) is 24.0. The van der Waals surface area contributed by atoms with Crippen LogP contribution >= 0.6 is 0 Å². The number of amides is 2. The normalized spacial score (nSPS) is 13.7. The quantitative estimate of drug-likeness (QED) is 0.544. The van der Waals surface area contributed by atoms with E-state index in [1.54, 1.807) is 6.07 Å². The smallest absolute Gasteiger partial charge is 0.323 e. The van der Waals surface area contributed by atoms with Gasteiger partial charge in [0.25, 0.3) is 5.56 Å². The molecule has 2 amide bonds. The molecule has 1 heterocycles. The van der Waals surface area contributed by atoms with Gasteiger partial charge in [-0.2, -0.15) is 0 Å². The van der Waals surface area contributed by atoms with E-state index in [2.05, 4.69) is 15.6 Å². The Balaban J connectivity index is 0.000000316. The van der Waals surface area contributed by atoms with Crippen molar-refractivity contribution < 1.29 is 19.4 Å². The number of carbonyl (C=O) groups excluding carboxylic acids is 1. The Morgan fingerprint density at radius 1 is 1.03 bits per heavy atom. The molecule has 0 atom stereocenters. The number of ether oxygens (including phenoxy) is 1. The maximum Gasteiger partial charge on any atom is 0.323 e. The highest BCUT2D eigenvalue weighted by Crippen LogP contribution is 2.24. The number of carboxylic acid groups (broad SMARTS) is 1. The number of hydrogen-bond acceptors (Lipinski definition) is 4. The fourth-order valence-electron chi connectivity index (χ4n) is 3.41. The number of hydrogen-bond donors (Lipinski definition) is 4. The average Bonchev–Trinajstić information content (AvgIpc) is 2.76. The van der Waals surface area contributed by atoms with Crippen molar-refractivity contribution in [1.82, 2.24) is 4.98 Å². The molecule has 0 unspecified atom stereocenters. The molecular formula is C23H31N3O5. The van der Waals surface area contributed by atoms with Gasteiger partial charge in [0, 0.05) is 11.8 Å². The molecular weight excluding hydrogens is 398 g/mol. The van der Waals surface area contributed by atoms with E-state index in [0.717, 1.165) is 36.9 Å². The van der Waals surface area contributed by atoms with Gasteiger partial charge >= 0.3 is 12.0 Å². The number of methoxy groups -OCH3 is 1. The number of aliphatic carboxylic acids is 1. The van der Waals surface area contributed by atoms with Crippen LogP contribution in [0.5, 0.6) is 5.88 Å². The Labute approximate surface area is 182 Å². The molecule has 0 saturated heterocycles. The van der Waals surface area contributed by atoms with Crippen LogP contribution in [0.4, 0.5) is 16.2 Å². The highest BCUT2D eigenvalue weighted by molar-refractivity contribution is 6.00. The first-order valence-electron chi connectivity index (χ1n) is 10.5. The average molecular weight is 430 g/mol. The summed E-state index contributed by atoms with van der Waals surface area (Å²) in [5.41, 5.74) is 1.48. The first-order chi connectivity index (χ1) is 14.8. The summed E-state index contributed by atoms with van der Waals surface area (Å²) in [5.74, 6) is -0.0181. The van der Waals surface area contributed by atoms with Crippen molar-refractivity contribution >= 4 is 23.4 Å². The largest absolute Gasteiger partial charge is 0.482 e. The minimum atomic E-state index is -0.602. The van der Waals surface area contributed by atoms with Gasteiger partial charge in [0.1, 0.15) is 5.69 Å². The minimum Gasteiger partial charge on any atom is -0.482 e. The van der Waals surface area contributed by atoms with Crippen molar-refractivity contribution in [2.45, 2.75) is 51.9 Å². The fraction of sp³-hybridized carbons (Fsp3) is 0.435. The summed E-state index contributed by atoms with van der Waals surface area (Å²) < 4.78 is 4.91. The van der Waals surface area contributed by atoms with Crippen LogP contribution in [0.2, 0.25) is 0 Å². The van der Waals surface area contributed by atoms with Gasteiger partial charge in [-0.05, 0) is 36.5 Å². The summed E-state index contributed by atoms with van der Waals surface area (Å²) in [4.78, 5) is 36.7. The number of aromatic amines is 1. The SMILES string of the molecule is COc1ccc(NC(=O)Nc2ccccc2C(C)C)c(=O)[nH]1.O=C(O)C1CCCCC1. The Bertz CT molecular complexity index is 933. The molecule has 31 heavy (non-hydrogen) atoms. The molecule has 1 fully saturated rings. The molecule has 2 aromatic rings. The molecule has 1 aliphatic carbocycles. The Morgan fingerprint density at radius 2 is 1.68 bits per heavy atom. The predicted octanol–water partition coefficient (Wildman–Crippen LogP) is 4.80. The van der Waals surface area contributed by atoms with E-state index in [-0.39, 0.29) is 17.5 Å². The second-order valence-electron chi connectivity index (χ2n) is 7.76. The number of rotatable bonds is 5. The monoisotopic (exact) mass is 429 g/mol. The second kappa shape index (κ2) is 11.8. The number of aromatic nitrogens is 1. The lowest BCUT2D eigenvalue weighted by Gasteiger charge is -2.16. The van der Waals surface area contributed by atoms with Gasteiger partial charge in [-0.1, -0.05) is 51.3 Å². The molecule has 0 bridgehead atoms. The van der Waals surface area contributed by atoms with Crippen LogP contribution in [0.3, 0.4) is 0 Å². The van der Waals surface area contributed by atoms with Crippen molar-refractivity contribution in [3.63, 3.8) is 0 Å². The van der Waals surface area contributed by atoms with Crippen LogP contribution in [-0.2, 0) is 4.79 Å². The van der Waals surface area contributed by atoms with Crippen LogP contribution in [0.25, 0.3) is 0 Å². The topological polar surface area (TPSA) is 121 Å². The van der Waals surface area contributed by atoms with Crippen molar-refractivity contribution in [3.05, 3.63) is 52.3 Å². The van der Waals surface area contributed by atoms with Crippen molar-refractivity contribution in [2.75, 3.05) is 17.7 Å². The molecule has 1 saturated carbocycles. The molecule has 1 aliphatic rings. The number of urea groups is 1. The highest BCUT2D eigenvalue weighted by Gasteiger charge is 2.19. The maximum atomic E-state index is 12.1. The predicted molar refractivity (Wildman–Crippen MR) is 121 cm³/mol. The lowest BCUT2D eigenvalue weighted by molar-refractivity contribution is -0.142. The van der Waals surface area contributed by atoms with Crippen LogP contribution in [-0.4, -0.2) is 29.2 Å². The molecule has 4 N–H and O–H groups in total. The van der Waals surface area contributed by atoms with Crippen LogP contribution in [0, 0.1) is 5.92 Å². The van der Waals surface area contributed by atoms with Crippen LogP contribution < -0.4 is 20.9 Å². The van der Waals surface area contributed by atoms with Gasteiger partial charge in [0.15, 0.2) is 5.88 Å². The number of benzene rings is 1. The number of para-hydroxylation sites is 1. The van der Waals surface area contributed by atoms with Crippen LogP contribution in [0.1, 0.15) is 57.4 Å². The van der Waals surface area contributed by atoms with Crippen molar-refractivity contribution in [1.29, 1.82) is 0 Å². The Morgan fingerprint density at radius 3 is 2.23 bits per heavy atom. The van der Waals surface area contributed by atoms with E-state index in [4.69, 9.17) is 9.84 Å². The van der Waals surface area contributed by atoms with E-state index < -0.39 is 17.6 Å². The number of carbonyl (C=O) groups is 2. The summed E-state index contributed by atoms with van der Waals surface area (Å²) >= 11 is 0. The summed E-state index contributed by atoms with van der Waals surface area (Å²) in [6, 6.07) is 10.1. The molecule has 1 aromatic carbocycles. The van der Waals surface area contributed by atoms with Gasteiger partial charge in [0.05, 0.1) is 13.0 Å². The highest BCUT2D eigenvalue weighted by atomic mass is 16.5. The molecule has 8 nitrogen and oxygen atoms in total. The van der Waals surface area contributed by atoms with Gasteiger partial charge < -0.3 is 20.5 Å². The molecule has 8 heteroatoms. The van der Waals surface area contributed by atoms with E-state index in [1.807, 2.05) is 38.1 Å². The Kier molecular flexibility index (Phi) is 9.12. The summed E-state index contributed by atoms with van der Waals surface area (Å²) in [6.45, 7) is 4.10. The standard InChI is InChI=1S/C16H19N3O3.C7H12O2/c1-10(2)11-6-4-5-7-12(11)17-16(21)18-13-8-9-14(22-3)19-15(13)20;8-7(9)6-4-2-1-3-5-6/h4-10H,1-3H3,(H,19,20)(H2,17,18,21);6H,1-5H2,(H,8,9). The number of anilines is 2. The molecule has 0 spiro atoms. The van der Waals surface area contributed by atoms with Crippen molar-refractivity contribution in [3.8, 4) is 5.88 Å². The molecule has 0 radical (unpaired) electrons. The summed E-state index contributed by atoms with van der Waals surface area (Å²) in [5, 5.41) is 13.8. The van der Waals surface area contributed by atoms with Crippen LogP contribution in [0.15, 0.2) is 41.2 Å². The van der Waals surface area contributed by atoms with Crippen molar-refractivity contribution in [2.24, 2.45) is 5.92 Å². The Hall–Kier alpha value is -3.29. The third kappa shape index (κ3) is 7.47. The lowest BCUT2D eigenvalue weighted by Crippen LogP contribution is -2.24. The zero-order valence-electron chi connectivity index (χ0n) is 18.2. The molecule has 0 aliphatic heterocycles. The second-order valence-corrected chi connectivity index (χ2v) is 7.76. The van der Waals surface area contributed by atoms with E-state index in [9.17, 15) is 14.4 Å². The number of carboxylic acids is 1. The third-order valence-electron chi connectivity index (χ3n) is 5.14. The lowest BCUT2D eigenvalue weighted by atomic mass is 9.90. The molecule has 3 rings (SSSR count). The van der Waals surface area contributed by atoms with Gasteiger partial charge in [0.2, 0.25) is 0 Å². The van der Waals surface area contributed by atoms with Gasteiger partial charge in [-0.25, -0.2) is 4.79 Å². The van der Waals surface area contributed by atoms with E-state index in [0.29, 0.717) is 5.88 Å². The van der Waals surface area contributed by atoms with E-state index in [1.165, 1.54) is 19.6 Å². The number of nitrogens with one attached hydrogen (secondary N) is 3. The third-order valence-corrected chi connectivity index (χ3v) is 5.14. The minimum absolute atomic E-state index is 0.0289. The van der Waals surface area contributed by atoms with E-state index >= 15 is 0 Å². The fourth-order valence-corrected chi connectivity index (χ4v) is 3.41. The number of pyridine rings is 1. The number of H-pyrrole nitrogens is 1. The molecule has 168 valence electrons. The molecule has 1 aromatic heterocycles. The summed E-state index contributed by atoms with van der Waals surface area (Å²) in [7, 11) is 1.45. The zero-order chi connectivity index (χ0) is 22.8. The zero-order valence-corrected chi connectivity index (χ0v) is 18.2.